The fourth-order valence-corrected chi connectivity index (χ4v) is 1.36. The number of hydrogen-bond donors (Lipinski definition) is 1. The molecule has 1 aromatic carbocycles. The first-order valence-corrected chi connectivity index (χ1v) is 4.55. The van der Waals surface area contributed by atoms with Crippen molar-refractivity contribution in [2.24, 2.45) is 0 Å². The molecule has 0 heterocycles. The third-order valence-corrected chi connectivity index (χ3v) is 2.25. The van der Waals surface area contributed by atoms with Crippen LogP contribution in [-0.2, 0) is 9.53 Å². The molecule has 2 nitrogen and oxygen atoms in total. The van der Waals surface area contributed by atoms with E-state index >= 15 is 0 Å². The molecule has 0 aromatic heterocycles. The van der Waals surface area contributed by atoms with Crippen LogP contribution in [0.4, 0.5) is 0 Å². The van der Waals surface area contributed by atoms with Crippen LogP contribution in [-0.4, -0.2) is 13.1 Å². The second kappa shape index (κ2) is 4.92. The molecule has 0 amide bonds. The van der Waals surface area contributed by atoms with E-state index in [1.807, 2.05) is 30.3 Å². The van der Waals surface area contributed by atoms with E-state index in [0.717, 1.165) is 5.56 Å². The number of carbonyl (C=O) groups is 1. The lowest BCUT2D eigenvalue weighted by Gasteiger charge is -2.08. The van der Waals surface area contributed by atoms with Crippen LogP contribution < -0.4 is 0 Å². The summed E-state index contributed by atoms with van der Waals surface area (Å²) in [4.78, 5) is 10.9. The van der Waals surface area contributed by atoms with E-state index in [1.165, 1.54) is 7.11 Å². The fraction of sp³-hybridized carbons (Fsp3) is 0.300. The molecule has 0 radical (unpaired) electrons. The third kappa shape index (κ3) is 3.11. The lowest BCUT2D eigenvalue weighted by atomic mass is 10.1. The number of ether oxygens (including phenoxy) is 1. The summed E-state index contributed by atoms with van der Waals surface area (Å²) in [7, 11) is 1.38. The topological polar surface area (TPSA) is 26.3 Å². The summed E-state index contributed by atoms with van der Waals surface area (Å²) < 4.78 is 4.55. The molecule has 0 fully saturated rings. The monoisotopic (exact) mass is 196 g/mol. The Morgan fingerprint density at radius 1 is 1.46 bits per heavy atom. The normalized spacial score (nSPS) is 12.2. The van der Waals surface area contributed by atoms with Crippen molar-refractivity contribution in [2.45, 2.75) is 11.7 Å². The number of carbonyl (C=O) groups excluding carboxylic acids is 1. The van der Waals surface area contributed by atoms with Crippen LogP contribution in [0.1, 0.15) is 17.2 Å². The molecule has 0 N–H and O–H groups in total. The van der Waals surface area contributed by atoms with Crippen LogP contribution in [0.15, 0.2) is 30.3 Å². The zero-order valence-corrected chi connectivity index (χ0v) is 8.33. The first kappa shape index (κ1) is 10.1. The number of esters is 1. The predicted molar refractivity (Wildman–Crippen MR) is 54.8 cm³/mol. The Morgan fingerprint density at radius 2 is 2.08 bits per heavy atom. The van der Waals surface area contributed by atoms with Gasteiger partial charge in [0.25, 0.3) is 0 Å². The maximum Gasteiger partial charge on any atom is 0.306 e. The highest BCUT2D eigenvalue weighted by atomic mass is 32.1. The summed E-state index contributed by atoms with van der Waals surface area (Å²) in [5.41, 5.74) is 1.04. The lowest BCUT2D eigenvalue weighted by Crippen LogP contribution is -2.04. The molecule has 0 saturated heterocycles. The SMILES string of the molecule is COC(=O)CC(S)c1ccccc1. The Bertz CT molecular complexity index is 272. The summed E-state index contributed by atoms with van der Waals surface area (Å²) in [5.74, 6) is -0.233. The van der Waals surface area contributed by atoms with Gasteiger partial charge in [-0.25, -0.2) is 0 Å². The highest BCUT2D eigenvalue weighted by molar-refractivity contribution is 7.80. The van der Waals surface area contributed by atoms with Gasteiger partial charge in [-0.15, -0.1) is 0 Å². The average molecular weight is 196 g/mol. The van der Waals surface area contributed by atoms with Crippen LogP contribution in [0.3, 0.4) is 0 Å². The van der Waals surface area contributed by atoms with E-state index in [0.29, 0.717) is 6.42 Å². The van der Waals surface area contributed by atoms with Gasteiger partial charge >= 0.3 is 5.97 Å². The zero-order chi connectivity index (χ0) is 9.68. The molecule has 1 unspecified atom stereocenters. The van der Waals surface area contributed by atoms with E-state index in [-0.39, 0.29) is 11.2 Å². The zero-order valence-electron chi connectivity index (χ0n) is 7.43. The number of thiol groups is 1. The number of hydrogen-bond acceptors (Lipinski definition) is 3. The molecule has 1 rings (SSSR count). The summed E-state index contributed by atoms with van der Waals surface area (Å²) in [6.45, 7) is 0. The van der Waals surface area contributed by atoms with Crippen LogP contribution >= 0.6 is 12.6 Å². The van der Waals surface area contributed by atoms with Gasteiger partial charge < -0.3 is 4.74 Å². The van der Waals surface area contributed by atoms with Crippen LogP contribution in [0.2, 0.25) is 0 Å². The maximum absolute atomic E-state index is 10.9. The van der Waals surface area contributed by atoms with Gasteiger partial charge in [0.2, 0.25) is 0 Å². The molecule has 1 aromatic rings. The van der Waals surface area contributed by atoms with Crippen molar-refractivity contribution < 1.29 is 9.53 Å². The van der Waals surface area contributed by atoms with Crippen LogP contribution in [0.5, 0.6) is 0 Å². The van der Waals surface area contributed by atoms with E-state index in [1.54, 1.807) is 0 Å². The van der Waals surface area contributed by atoms with Crippen LogP contribution in [0, 0.1) is 0 Å². The van der Waals surface area contributed by atoms with Crippen molar-refractivity contribution in [1.82, 2.24) is 0 Å². The van der Waals surface area contributed by atoms with Gasteiger partial charge in [-0.3, -0.25) is 4.79 Å². The lowest BCUT2D eigenvalue weighted by molar-refractivity contribution is -0.140. The van der Waals surface area contributed by atoms with Gasteiger partial charge in [0.15, 0.2) is 0 Å². The Balaban J connectivity index is 2.59. The van der Waals surface area contributed by atoms with Gasteiger partial charge in [-0.2, -0.15) is 12.6 Å². The number of rotatable bonds is 3. The van der Waals surface area contributed by atoms with E-state index in [4.69, 9.17) is 0 Å². The molecule has 13 heavy (non-hydrogen) atoms. The highest BCUT2D eigenvalue weighted by Crippen LogP contribution is 2.23. The predicted octanol–water partition coefficient (Wildman–Crippen LogP) is 2.22. The van der Waals surface area contributed by atoms with Gasteiger partial charge in [-0.05, 0) is 5.56 Å². The number of benzene rings is 1. The van der Waals surface area contributed by atoms with Gasteiger partial charge in [0, 0.05) is 5.25 Å². The molecule has 0 aliphatic carbocycles. The minimum Gasteiger partial charge on any atom is -0.469 e. The highest BCUT2D eigenvalue weighted by Gasteiger charge is 2.11. The minimum atomic E-state index is -0.233. The van der Waals surface area contributed by atoms with Crippen molar-refractivity contribution in [3.63, 3.8) is 0 Å². The van der Waals surface area contributed by atoms with E-state index in [2.05, 4.69) is 17.4 Å². The smallest absolute Gasteiger partial charge is 0.306 e. The molecular weight excluding hydrogens is 184 g/mol. The molecule has 3 heteroatoms. The summed E-state index contributed by atoms with van der Waals surface area (Å²) in [5, 5.41) is -0.0753. The van der Waals surface area contributed by atoms with Crippen molar-refractivity contribution in [3.05, 3.63) is 35.9 Å². The molecule has 0 bridgehead atoms. The minimum absolute atomic E-state index is 0.0753. The molecule has 0 aliphatic heterocycles. The second-order valence-electron chi connectivity index (χ2n) is 2.71. The van der Waals surface area contributed by atoms with Gasteiger partial charge in [-0.1, -0.05) is 30.3 Å². The Hall–Kier alpha value is -0.960. The standard InChI is InChI=1S/C10H12O2S/c1-12-10(11)7-9(13)8-5-3-2-4-6-8/h2-6,9,13H,7H2,1H3. The van der Waals surface area contributed by atoms with Crippen LogP contribution in [0.25, 0.3) is 0 Å². The molecule has 70 valence electrons. The first-order chi connectivity index (χ1) is 6.24. The number of methoxy groups -OCH3 is 1. The van der Waals surface area contributed by atoms with Crippen molar-refractivity contribution in [2.75, 3.05) is 7.11 Å². The fourth-order valence-electron chi connectivity index (χ4n) is 1.03. The molecule has 0 spiro atoms. The molecule has 0 saturated carbocycles. The Morgan fingerprint density at radius 3 is 2.62 bits per heavy atom. The van der Waals surface area contributed by atoms with Crippen molar-refractivity contribution in [1.29, 1.82) is 0 Å². The molecular formula is C10H12O2S. The largest absolute Gasteiger partial charge is 0.469 e. The first-order valence-electron chi connectivity index (χ1n) is 4.04. The second-order valence-corrected chi connectivity index (χ2v) is 3.33. The maximum atomic E-state index is 10.9. The molecule has 1 atom stereocenters. The average Bonchev–Trinajstić information content (AvgIpc) is 2.19. The van der Waals surface area contributed by atoms with E-state index < -0.39 is 0 Å². The van der Waals surface area contributed by atoms with Crippen molar-refractivity contribution >= 4 is 18.6 Å². The quantitative estimate of drug-likeness (QED) is 0.592. The molecule has 0 aliphatic rings. The van der Waals surface area contributed by atoms with Crippen molar-refractivity contribution in [3.8, 4) is 0 Å². The third-order valence-electron chi connectivity index (χ3n) is 1.77. The van der Waals surface area contributed by atoms with E-state index in [9.17, 15) is 4.79 Å². The Kier molecular flexibility index (Phi) is 3.83. The summed E-state index contributed by atoms with van der Waals surface area (Å²) >= 11 is 4.31. The Labute approximate surface area is 83.3 Å². The van der Waals surface area contributed by atoms with Gasteiger partial charge in [0.05, 0.1) is 13.5 Å². The summed E-state index contributed by atoms with van der Waals surface area (Å²) in [6, 6.07) is 9.68. The van der Waals surface area contributed by atoms with Gasteiger partial charge in [0.1, 0.15) is 0 Å². The summed E-state index contributed by atoms with van der Waals surface area (Å²) in [6.07, 6.45) is 0.309.